The molecule has 0 spiro atoms. The Morgan fingerprint density at radius 1 is 1.13 bits per heavy atom. The molecule has 5 nitrogen and oxygen atoms in total. The second-order valence-electron chi connectivity index (χ2n) is 10.8. The minimum atomic E-state index is -0.752. The van der Waals surface area contributed by atoms with E-state index in [9.17, 15) is 9.90 Å². The van der Waals surface area contributed by atoms with E-state index in [0.29, 0.717) is 24.2 Å². The number of aromatic nitrogens is 3. The van der Waals surface area contributed by atoms with Crippen LogP contribution in [-0.4, -0.2) is 31.5 Å². The number of fused-ring (bicyclic) bond motifs is 5. The lowest BCUT2D eigenvalue weighted by molar-refractivity contribution is -0.132. The van der Waals surface area contributed by atoms with E-state index in [-0.39, 0.29) is 11.3 Å². The molecule has 8 atom stereocenters. The summed E-state index contributed by atoms with van der Waals surface area (Å²) in [5.74, 6) is 10.2. The lowest BCUT2D eigenvalue weighted by Crippen LogP contribution is -2.51. The van der Waals surface area contributed by atoms with Gasteiger partial charge < -0.3 is 5.11 Å². The van der Waals surface area contributed by atoms with Crippen molar-refractivity contribution < 1.29 is 9.90 Å². The average Bonchev–Trinajstić information content (AvgIpc) is 3.34. The minimum Gasteiger partial charge on any atom is -0.378 e. The van der Waals surface area contributed by atoms with E-state index in [1.165, 1.54) is 32.1 Å². The number of hydrogen-bond donors (Lipinski definition) is 1. The highest BCUT2D eigenvalue weighted by Crippen LogP contribution is 2.64. The quantitative estimate of drug-likeness (QED) is 0.770. The van der Waals surface area contributed by atoms with Crippen molar-refractivity contribution in [3.8, 4) is 11.8 Å². The van der Waals surface area contributed by atoms with Crippen LogP contribution in [0.25, 0.3) is 0 Å². The van der Waals surface area contributed by atoms with Crippen LogP contribution in [0.4, 0.5) is 0 Å². The van der Waals surface area contributed by atoms with Crippen LogP contribution in [0.15, 0.2) is 12.4 Å². The molecule has 3 unspecified atom stereocenters. The number of Topliss-reactive ketones (excluding diaryl/α,β-unsaturated/α-hetero) is 1. The highest BCUT2D eigenvalue weighted by atomic mass is 16.3. The molecule has 5 heteroatoms. The zero-order valence-corrected chi connectivity index (χ0v) is 18.4. The summed E-state index contributed by atoms with van der Waals surface area (Å²) in [6, 6.07) is 0. The molecule has 162 valence electrons. The van der Waals surface area contributed by atoms with Crippen LogP contribution in [0.2, 0.25) is 0 Å². The molecule has 0 aromatic carbocycles. The van der Waals surface area contributed by atoms with Gasteiger partial charge in [-0.3, -0.25) is 4.79 Å². The molecule has 0 bridgehead atoms. The van der Waals surface area contributed by atoms with Gasteiger partial charge in [-0.15, -0.1) is 11.0 Å². The van der Waals surface area contributed by atoms with Crippen molar-refractivity contribution in [3.05, 3.63) is 12.4 Å². The third kappa shape index (κ3) is 3.23. The summed E-state index contributed by atoms with van der Waals surface area (Å²) in [6.07, 6.45) is 13.4. The Kier molecular flexibility index (Phi) is 5.05. The molecule has 5 rings (SSSR count). The normalized spacial score (nSPS) is 44.9. The van der Waals surface area contributed by atoms with E-state index in [2.05, 4.69) is 29.1 Å². The summed E-state index contributed by atoms with van der Waals surface area (Å²) in [5.41, 5.74) is -0.604. The van der Waals surface area contributed by atoms with Crippen molar-refractivity contribution in [1.29, 1.82) is 0 Å². The molecule has 30 heavy (non-hydrogen) atoms. The van der Waals surface area contributed by atoms with Crippen LogP contribution in [0, 0.1) is 52.8 Å². The maximum absolute atomic E-state index is 13.2. The topological polar surface area (TPSA) is 68.0 Å². The summed E-state index contributed by atoms with van der Waals surface area (Å²) in [4.78, 5) is 13.2. The summed E-state index contributed by atoms with van der Waals surface area (Å²) in [7, 11) is 0. The largest absolute Gasteiger partial charge is 0.378 e. The number of carbonyl (C=O) groups excluding carboxylic acids is 1. The SMILES string of the molecule is CC#C[C@@]1(O)CC[C@@H]2C3CC[C@@]4(C)C(CC[C@@H]4C(=O)Cn4ccnn4)C3CC[C@@H]2C1. The van der Waals surface area contributed by atoms with Gasteiger partial charge in [0.2, 0.25) is 0 Å². The van der Waals surface area contributed by atoms with Crippen molar-refractivity contribution in [1.82, 2.24) is 15.0 Å². The highest BCUT2D eigenvalue weighted by Gasteiger charge is 2.58. The number of ketones is 1. The molecule has 4 saturated carbocycles. The maximum Gasteiger partial charge on any atom is 0.157 e. The van der Waals surface area contributed by atoms with E-state index in [0.717, 1.165) is 43.4 Å². The second-order valence-corrected chi connectivity index (χ2v) is 10.8. The predicted octanol–water partition coefficient (Wildman–Crippen LogP) is 3.87. The van der Waals surface area contributed by atoms with Gasteiger partial charge in [0, 0.05) is 12.1 Å². The molecule has 1 aromatic rings. The highest BCUT2D eigenvalue weighted by molar-refractivity contribution is 5.82. The van der Waals surface area contributed by atoms with Crippen molar-refractivity contribution in [2.75, 3.05) is 0 Å². The Morgan fingerprint density at radius 3 is 2.73 bits per heavy atom. The lowest BCUT2D eigenvalue weighted by atomic mass is 9.49. The van der Waals surface area contributed by atoms with Crippen LogP contribution in [0.3, 0.4) is 0 Å². The number of rotatable bonds is 3. The zero-order chi connectivity index (χ0) is 20.9. The van der Waals surface area contributed by atoms with Crippen LogP contribution in [0.5, 0.6) is 0 Å². The summed E-state index contributed by atoms with van der Waals surface area (Å²) in [5, 5.41) is 18.7. The van der Waals surface area contributed by atoms with Gasteiger partial charge in [0.15, 0.2) is 5.78 Å². The second kappa shape index (κ2) is 7.48. The fourth-order valence-corrected chi connectivity index (χ4v) is 8.34. The van der Waals surface area contributed by atoms with Gasteiger partial charge in [0.25, 0.3) is 0 Å². The molecule has 0 amide bonds. The van der Waals surface area contributed by atoms with Gasteiger partial charge in [0.05, 0.1) is 6.20 Å². The van der Waals surface area contributed by atoms with Crippen molar-refractivity contribution in [2.24, 2.45) is 40.9 Å². The smallest absolute Gasteiger partial charge is 0.157 e. The average molecular weight is 410 g/mol. The van der Waals surface area contributed by atoms with Gasteiger partial charge in [-0.25, -0.2) is 4.68 Å². The molecule has 1 heterocycles. The molecule has 0 radical (unpaired) electrons. The predicted molar refractivity (Wildman–Crippen MR) is 114 cm³/mol. The number of carbonyl (C=O) groups is 1. The lowest BCUT2D eigenvalue weighted by Gasteiger charge is -2.56. The van der Waals surface area contributed by atoms with E-state index in [1.54, 1.807) is 17.1 Å². The minimum absolute atomic E-state index is 0.148. The Labute approximate surface area is 180 Å². The van der Waals surface area contributed by atoms with Crippen LogP contribution >= 0.6 is 0 Å². The first kappa shape index (κ1) is 20.2. The Morgan fingerprint density at radius 2 is 1.97 bits per heavy atom. The summed E-state index contributed by atoms with van der Waals surface area (Å²) < 4.78 is 1.68. The number of aliphatic hydroxyl groups is 1. The van der Waals surface area contributed by atoms with Gasteiger partial charge >= 0.3 is 0 Å². The number of nitrogens with zero attached hydrogens (tertiary/aromatic N) is 3. The van der Waals surface area contributed by atoms with E-state index >= 15 is 0 Å². The van der Waals surface area contributed by atoms with Crippen molar-refractivity contribution in [3.63, 3.8) is 0 Å². The molecule has 0 aliphatic heterocycles. The standard InChI is InChI=1S/C25H35N3O2/c1-3-10-25(30)12-9-18-17(15-25)4-5-20-19(18)8-11-24(2)21(20)6-7-22(24)23(29)16-28-14-13-26-27-28/h13-14,17-22,30H,4-9,11-12,15-16H2,1-2H3/t17-,18+,19?,20?,21?,22-,24+,25-/m1/s1. The Bertz CT molecular complexity index is 855. The van der Waals surface area contributed by atoms with Gasteiger partial charge in [-0.1, -0.05) is 18.1 Å². The summed E-state index contributed by atoms with van der Waals surface area (Å²) in [6.45, 7) is 4.61. The molecule has 4 aliphatic carbocycles. The first-order valence-corrected chi connectivity index (χ1v) is 12.0. The third-order valence-electron chi connectivity index (χ3n) is 9.55. The van der Waals surface area contributed by atoms with E-state index in [1.807, 2.05) is 6.92 Å². The van der Waals surface area contributed by atoms with Gasteiger partial charge in [-0.2, -0.15) is 0 Å². The third-order valence-corrected chi connectivity index (χ3v) is 9.55. The van der Waals surface area contributed by atoms with E-state index in [4.69, 9.17) is 0 Å². The van der Waals surface area contributed by atoms with Crippen LogP contribution in [0.1, 0.15) is 71.6 Å². The molecule has 0 saturated heterocycles. The van der Waals surface area contributed by atoms with Gasteiger partial charge in [-0.05, 0) is 99.7 Å². The van der Waals surface area contributed by atoms with Gasteiger partial charge in [0.1, 0.15) is 12.1 Å². The fourth-order valence-electron chi connectivity index (χ4n) is 8.34. The van der Waals surface area contributed by atoms with E-state index < -0.39 is 5.60 Å². The molecule has 4 fully saturated rings. The molecular weight excluding hydrogens is 374 g/mol. The fraction of sp³-hybridized carbons (Fsp3) is 0.800. The van der Waals surface area contributed by atoms with Crippen molar-refractivity contribution >= 4 is 5.78 Å². The monoisotopic (exact) mass is 409 g/mol. The molecular formula is C25H35N3O2. The zero-order valence-electron chi connectivity index (χ0n) is 18.4. The summed E-state index contributed by atoms with van der Waals surface area (Å²) >= 11 is 0. The molecule has 1 aromatic heterocycles. The first-order chi connectivity index (χ1) is 14.4. The molecule has 4 aliphatic rings. The number of hydrogen-bond acceptors (Lipinski definition) is 4. The van der Waals surface area contributed by atoms with Crippen LogP contribution in [-0.2, 0) is 11.3 Å². The Balaban J connectivity index is 1.31. The first-order valence-electron chi connectivity index (χ1n) is 12.0. The van der Waals surface area contributed by atoms with Crippen molar-refractivity contribution in [2.45, 2.75) is 83.8 Å². The Hall–Kier alpha value is -1.67. The maximum atomic E-state index is 13.2. The van der Waals surface area contributed by atoms with Crippen LogP contribution < -0.4 is 0 Å². The molecule has 1 N–H and O–H groups in total.